The Morgan fingerprint density at radius 1 is 1.54 bits per heavy atom. The third-order valence-corrected chi connectivity index (χ3v) is 5.12. The molecule has 4 heteroatoms. The molecule has 2 heterocycles. The summed E-state index contributed by atoms with van der Waals surface area (Å²) in [6, 6.07) is 4.34. The van der Waals surface area contributed by atoms with E-state index >= 15 is 0 Å². The van der Waals surface area contributed by atoms with E-state index in [1.807, 2.05) is 11.3 Å². The van der Waals surface area contributed by atoms with Crippen molar-refractivity contribution in [1.29, 1.82) is 0 Å². The van der Waals surface area contributed by atoms with Gasteiger partial charge in [0.1, 0.15) is 0 Å². The van der Waals surface area contributed by atoms with Crippen LogP contribution in [0.2, 0.25) is 0 Å². The molecule has 1 nitrogen and oxygen atoms in total. The number of hydrogen-bond donors (Lipinski definition) is 1. The number of thioether (sulfide) groups is 1. The standard InChI is InChI=1S/C9H12BrNS2/c10-9-2-1-8(13-9)6-12-5-7-3-11-4-7/h1-2,7,11H,3-6H2. The van der Waals surface area contributed by atoms with E-state index in [-0.39, 0.29) is 0 Å². The lowest BCUT2D eigenvalue weighted by molar-refractivity contribution is 0.385. The second kappa shape index (κ2) is 4.82. The fraction of sp³-hybridized carbons (Fsp3) is 0.556. The van der Waals surface area contributed by atoms with Crippen LogP contribution in [-0.4, -0.2) is 18.8 Å². The molecule has 0 aliphatic carbocycles. The van der Waals surface area contributed by atoms with Gasteiger partial charge in [0.15, 0.2) is 0 Å². The van der Waals surface area contributed by atoms with Gasteiger partial charge in [0.05, 0.1) is 3.79 Å². The van der Waals surface area contributed by atoms with Gasteiger partial charge < -0.3 is 5.32 Å². The normalized spacial score (nSPS) is 17.3. The summed E-state index contributed by atoms with van der Waals surface area (Å²) in [5, 5.41) is 3.30. The summed E-state index contributed by atoms with van der Waals surface area (Å²) in [7, 11) is 0. The van der Waals surface area contributed by atoms with Crippen LogP contribution < -0.4 is 5.32 Å². The van der Waals surface area contributed by atoms with Crippen molar-refractivity contribution < 1.29 is 0 Å². The molecular formula is C9H12BrNS2. The molecule has 13 heavy (non-hydrogen) atoms. The first-order valence-corrected chi connectivity index (χ1v) is 7.13. The van der Waals surface area contributed by atoms with Crippen molar-refractivity contribution in [2.75, 3.05) is 18.8 Å². The summed E-state index contributed by atoms with van der Waals surface area (Å²) in [4.78, 5) is 1.48. The van der Waals surface area contributed by atoms with Crippen molar-refractivity contribution in [3.63, 3.8) is 0 Å². The van der Waals surface area contributed by atoms with Crippen molar-refractivity contribution in [2.24, 2.45) is 5.92 Å². The zero-order chi connectivity index (χ0) is 9.10. The third kappa shape index (κ3) is 2.98. The molecule has 1 aromatic heterocycles. The minimum atomic E-state index is 0.924. The predicted octanol–water partition coefficient (Wildman–Crippen LogP) is 2.96. The first-order valence-electron chi connectivity index (χ1n) is 4.37. The van der Waals surface area contributed by atoms with Crippen molar-refractivity contribution in [2.45, 2.75) is 5.75 Å². The minimum Gasteiger partial charge on any atom is -0.316 e. The molecule has 1 aromatic rings. The maximum atomic E-state index is 3.48. The highest BCUT2D eigenvalue weighted by atomic mass is 79.9. The van der Waals surface area contributed by atoms with Crippen LogP contribution in [0.1, 0.15) is 4.88 Å². The van der Waals surface area contributed by atoms with Gasteiger partial charge in [0.2, 0.25) is 0 Å². The molecule has 1 N–H and O–H groups in total. The molecule has 1 saturated heterocycles. The van der Waals surface area contributed by atoms with Crippen molar-refractivity contribution in [1.82, 2.24) is 5.32 Å². The minimum absolute atomic E-state index is 0.924. The van der Waals surface area contributed by atoms with Gasteiger partial charge in [-0.3, -0.25) is 0 Å². The van der Waals surface area contributed by atoms with Crippen molar-refractivity contribution in [3.8, 4) is 0 Å². The van der Waals surface area contributed by atoms with Gasteiger partial charge in [-0.2, -0.15) is 11.8 Å². The van der Waals surface area contributed by atoms with E-state index in [0.29, 0.717) is 0 Å². The van der Waals surface area contributed by atoms with E-state index in [4.69, 9.17) is 0 Å². The molecule has 0 atom stereocenters. The Morgan fingerprint density at radius 2 is 2.38 bits per heavy atom. The topological polar surface area (TPSA) is 12.0 Å². The van der Waals surface area contributed by atoms with Crippen LogP contribution in [0.15, 0.2) is 15.9 Å². The summed E-state index contributed by atoms with van der Waals surface area (Å²) >= 11 is 7.38. The smallest absolute Gasteiger partial charge is 0.0701 e. The molecule has 0 unspecified atom stereocenters. The van der Waals surface area contributed by atoms with E-state index in [1.54, 1.807) is 0 Å². The number of halogens is 1. The van der Waals surface area contributed by atoms with Gasteiger partial charge in [-0.1, -0.05) is 0 Å². The summed E-state index contributed by atoms with van der Waals surface area (Å²) in [5.74, 6) is 3.41. The van der Waals surface area contributed by atoms with Crippen LogP contribution in [-0.2, 0) is 5.75 Å². The highest BCUT2D eigenvalue weighted by Crippen LogP contribution is 2.26. The Hall–Kier alpha value is 0.490. The molecule has 0 bridgehead atoms. The molecule has 1 aliphatic rings. The highest BCUT2D eigenvalue weighted by Gasteiger charge is 2.15. The van der Waals surface area contributed by atoms with Gasteiger partial charge in [0.25, 0.3) is 0 Å². The molecule has 1 fully saturated rings. The lowest BCUT2D eigenvalue weighted by Gasteiger charge is -2.26. The Kier molecular flexibility index (Phi) is 3.72. The van der Waals surface area contributed by atoms with E-state index in [2.05, 4.69) is 45.1 Å². The molecule has 0 spiro atoms. The molecule has 0 amide bonds. The molecule has 72 valence electrons. The lowest BCUT2D eigenvalue weighted by Crippen LogP contribution is -2.43. The average Bonchev–Trinajstić information content (AvgIpc) is 2.42. The van der Waals surface area contributed by atoms with E-state index in [9.17, 15) is 0 Å². The fourth-order valence-electron chi connectivity index (χ4n) is 1.22. The van der Waals surface area contributed by atoms with Crippen molar-refractivity contribution in [3.05, 3.63) is 20.8 Å². The molecular weight excluding hydrogens is 266 g/mol. The van der Waals surface area contributed by atoms with Crippen molar-refractivity contribution >= 4 is 39.0 Å². The van der Waals surface area contributed by atoms with E-state index < -0.39 is 0 Å². The van der Waals surface area contributed by atoms with Crippen LogP contribution >= 0.6 is 39.0 Å². The van der Waals surface area contributed by atoms with Gasteiger partial charge >= 0.3 is 0 Å². The summed E-state index contributed by atoms with van der Waals surface area (Å²) in [6.07, 6.45) is 0. The summed E-state index contributed by atoms with van der Waals surface area (Å²) in [5.41, 5.74) is 0. The largest absolute Gasteiger partial charge is 0.316 e. The summed E-state index contributed by atoms with van der Waals surface area (Å²) < 4.78 is 1.24. The quantitative estimate of drug-likeness (QED) is 0.908. The molecule has 1 aliphatic heterocycles. The second-order valence-corrected chi connectivity index (χ2v) is 6.82. The van der Waals surface area contributed by atoms with Crippen LogP contribution in [0, 0.1) is 5.92 Å². The number of rotatable bonds is 4. The third-order valence-electron chi connectivity index (χ3n) is 2.09. The SMILES string of the molecule is Brc1ccc(CSCC2CNC2)s1. The highest BCUT2D eigenvalue weighted by molar-refractivity contribution is 9.11. The van der Waals surface area contributed by atoms with E-state index in [1.165, 1.54) is 33.3 Å². The lowest BCUT2D eigenvalue weighted by atomic mass is 10.1. The maximum absolute atomic E-state index is 3.48. The Balaban J connectivity index is 1.67. The molecule has 0 radical (unpaired) electrons. The maximum Gasteiger partial charge on any atom is 0.0701 e. The van der Waals surface area contributed by atoms with Crippen LogP contribution in [0.3, 0.4) is 0 Å². The zero-order valence-corrected chi connectivity index (χ0v) is 10.5. The Labute approximate surface area is 95.4 Å². The van der Waals surface area contributed by atoms with E-state index in [0.717, 1.165) is 5.92 Å². The average molecular weight is 278 g/mol. The predicted molar refractivity (Wildman–Crippen MR) is 64.5 cm³/mol. The van der Waals surface area contributed by atoms with Crippen LogP contribution in [0.4, 0.5) is 0 Å². The first kappa shape index (κ1) is 10.0. The van der Waals surface area contributed by atoms with Gasteiger partial charge in [-0.05, 0) is 52.8 Å². The Bertz CT molecular complexity index is 270. The fourth-order valence-corrected chi connectivity index (χ4v) is 3.97. The monoisotopic (exact) mass is 277 g/mol. The second-order valence-electron chi connectivity index (χ2n) is 3.25. The Morgan fingerprint density at radius 3 is 2.92 bits per heavy atom. The summed E-state index contributed by atoms with van der Waals surface area (Å²) in [6.45, 7) is 2.45. The van der Waals surface area contributed by atoms with Crippen LogP contribution in [0.25, 0.3) is 0 Å². The number of thiophene rings is 1. The molecule has 2 rings (SSSR count). The molecule has 0 aromatic carbocycles. The van der Waals surface area contributed by atoms with Gasteiger partial charge in [-0.25, -0.2) is 0 Å². The van der Waals surface area contributed by atoms with Crippen LogP contribution in [0.5, 0.6) is 0 Å². The molecule has 0 saturated carbocycles. The van der Waals surface area contributed by atoms with Gasteiger partial charge in [-0.15, -0.1) is 11.3 Å². The zero-order valence-electron chi connectivity index (χ0n) is 7.25. The van der Waals surface area contributed by atoms with Gasteiger partial charge in [0, 0.05) is 10.6 Å². The number of hydrogen-bond acceptors (Lipinski definition) is 3. The number of nitrogens with one attached hydrogen (secondary N) is 1. The first-order chi connectivity index (χ1) is 6.34.